The van der Waals surface area contributed by atoms with Crippen molar-refractivity contribution in [3.05, 3.63) is 0 Å². The van der Waals surface area contributed by atoms with Crippen LogP contribution in [0.1, 0.15) is 33.6 Å². The molecule has 1 rings (SSSR count). The monoisotopic (exact) mass is 143 g/mol. The van der Waals surface area contributed by atoms with Crippen LogP contribution in [0, 0.1) is 5.92 Å². The molecular weight excluding hydrogens is 126 g/mol. The molecule has 0 heterocycles. The van der Waals surface area contributed by atoms with Gasteiger partial charge in [0.2, 0.25) is 0 Å². The number of hydroxylamine groups is 1. The minimum absolute atomic E-state index is 0.0922. The quantitative estimate of drug-likeness (QED) is 0.607. The van der Waals surface area contributed by atoms with E-state index in [9.17, 15) is 0 Å². The molecular formula is C8H17NO. The van der Waals surface area contributed by atoms with Crippen molar-refractivity contribution in [2.45, 2.75) is 39.2 Å². The Bertz CT molecular complexity index is 102. The first kappa shape index (κ1) is 8.02. The fraction of sp³-hybridized carbons (Fsp3) is 1.00. The maximum absolute atomic E-state index is 5.27. The summed E-state index contributed by atoms with van der Waals surface area (Å²) in [7, 11) is 0. The average Bonchev–Trinajstić information content (AvgIpc) is 2.45. The molecule has 0 atom stereocenters. The Morgan fingerprint density at radius 2 is 2.00 bits per heavy atom. The predicted octanol–water partition coefficient (Wildman–Crippen LogP) is 1.72. The van der Waals surface area contributed by atoms with Gasteiger partial charge in [0.15, 0.2) is 0 Å². The zero-order chi connectivity index (χ0) is 7.61. The molecule has 0 amide bonds. The normalized spacial score (nSPS) is 19.5. The van der Waals surface area contributed by atoms with Gasteiger partial charge in [-0.25, -0.2) is 0 Å². The van der Waals surface area contributed by atoms with Crippen molar-refractivity contribution in [2.75, 3.05) is 6.61 Å². The van der Waals surface area contributed by atoms with E-state index in [0.717, 1.165) is 12.5 Å². The minimum atomic E-state index is 0.0922. The zero-order valence-corrected chi connectivity index (χ0v) is 7.11. The fourth-order valence-corrected chi connectivity index (χ4v) is 0.661. The largest absolute Gasteiger partial charge is 0.301 e. The first-order chi connectivity index (χ1) is 4.58. The van der Waals surface area contributed by atoms with Gasteiger partial charge in [0.1, 0.15) is 0 Å². The highest BCUT2D eigenvalue weighted by Gasteiger charge is 2.22. The molecule has 1 aliphatic rings. The molecule has 1 saturated carbocycles. The third kappa shape index (κ3) is 3.85. The van der Waals surface area contributed by atoms with E-state index in [1.54, 1.807) is 0 Å². The number of rotatable bonds is 3. The van der Waals surface area contributed by atoms with Crippen molar-refractivity contribution in [1.29, 1.82) is 0 Å². The second-order valence-electron chi connectivity index (χ2n) is 4.11. The summed E-state index contributed by atoms with van der Waals surface area (Å²) < 4.78 is 0. The minimum Gasteiger partial charge on any atom is -0.301 e. The van der Waals surface area contributed by atoms with Crippen LogP contribution in [-0.4, -0.2) is 12.1 Å². The van der Waals surface area contributed by atoms with Gasteiger partial charge in [-0.3, -0.25) is 0 Å². The summed E-state index contributed by atoms with van der Waals surface area (Å²) in [5.74, 6) is 0.842. The first-order valence-corrected chi connectivity index (χ1v) is 3.97. The van der Waals surface area contributed by atoms with Gasteiger partial charge in [-0.15, -0.1) is 0 Å². The predicted molar refractivity (Wildman–Crippen MR) is 41.6 cm³/mol. The second-order valence-corrected chi connectivity index (χ2v) is 4.11. The lowest BCUT2D eigenvalue weighted by atomic mass is 10.1. The molecule has 0 saturated heterocycles. The highest BCUT2D eigenvalue weighted by molar-refractivity contribution is 4.72. The molecule has 1 aliphatic carbocycles. The maximum atomic E-state index is 5.27. The molecule has 2 nitrogen and oxygen atoms in total. The van der Waals surface area contributed by atoms with Crippen LogP contribution in [0.2, 0.25) is 0 Å². The van der Waals surface area contributed by atoms with E-state index in [-0.39, 0.29) is 5.54 Å². The third-order valence-electron chi connectivity index (χ3n) is 1.39. The molecule has 0 aromatic rings. The molecule has 60 valence electrons. The summed E-state index contributed by atoms with van der Waals surface area (Å²) >= 11 is 0. The summed E-state index contributed by atoms with van der Waals surface area (Å²) in [5.41, 5.74) is 3.09. The standard InChI is InChI=1S/C8H17NO/c1-8(2,3)9-10-6-7-4-5-7/h7,9H,4-6H2,1-3H3. The van der Waals surface area contributed by atoms with Crippen molar-refractivity contribution in [2.24, 2.45) is 5.92 Å². The zero-order valence-electron chi connectivity index (χ0n) is 7.11. The van der Waals surface area contributed by atoms with Crippen LogP contribution < -0.4 is 5.48 Å². The molecule has 1 fully saturated rings. The average molecular weight is 143 g/mol. The molecule has 0 aliphatic heterocycles. The lowest BCUT2D eigenvalue weighted by Crippen LogP contribution is -2.36. The SMILES string of the molecule is CC(C)(C)NOCC1CC1. The molecule has 10 heavy (non-hydrogen) atoms. The Morgan fingerprint density at radius 3 is 2.40 bits per heavy atom. The Kier molecular flexibility index (Phi) is 2.32. The number of hydrogen-bond donors (Lipinski definition) is 1. The molecule has 0 radical (unpaired) electrons. The number of hydrogen-bond acceptors (Lipinski definition) is 2. The lowest BCUT2D eigenvalue weighted by molar-refractivity contribution is -0.0115. The Balaban J connectivity index is 1.93. The summed E-state index contributed by atoms with van der Waals surface area (Å²) in [5, 5.41) is 0. The topological polar surface area (TPSA) is 21.3 Å². The molecule has 1 N–H and O–H groups in total. The third-order valence-corrected chi connectivity index (χ3v) is 1.39. The van der Waals surface area contributed by atoms with Crippen molar-refractivity contribution in [1.82, 2.24) is 5.48 Å². The summed E-state index contributed by atoms with van der Waals surface area (Å²) in [6.07, 6.45) is 2.71. The van der Waals surface area contributed by atoms with Crippen molar-refractivity contribution >= 4 is 0 Å². The summed E-state index contributed by atoms with van der Waals surface area (Å²) in [4.78, 5) is 5.27. The molecule has 0 bridgehead atoms. The van der Waals surface area contributed by atoms with Crippen LogP contribution in [0.3, 0.4) is 0 Å². The van der Waals surface area contributed by atoms with E-state index in [0.29, 0.717) is 0 Å². The molecule has 0 spiro atoms. The molecule has 0 aromatic heterocycles. The highest BCUT2D eigenvalue weighted by Crippen LogP contribution is 2.28. The number of nitrogens with one attached hydrogen (secondary N) is 1. The van der Waals surface area contributed by atoms with Crippen molar-refractivity contribution < 1.29 is 4.84 Å². The van der Waals surface area contributed by atoms with E-state index in [1.165, 1.54) is 12.8 Å². The molecule has 2 heteroatoms. The molecule has 0 unspecified atom stereocenters. The van der Waals surface area contributed by atoms with Gasteiger partial charge in [-0.1, -0.05) is 0 Å². The van der Waals surface area contributed by atoms with Crippen LogP contribution in [-0.2, 0) is 4.84 Å². The van der Waals surface area contributed by atoms with Crippen LogP contribution >= 0.6 is 0 Å². The van der Waals surface area contributed by atoms with Gasteiger partial charge < -0.3 is 4.84 Å². The van der Waals surface area contributed by atoms with Gasteiger partial charge >= 0.3 is 0 Å². The Morgan fingerprint density at radius 1 is 1.40 bits per heavy atom. The smallest absolute Gasteiger partial charge is 0.0710 e. The second kappa shape index (κ2) is 2.89. The van der Waals surface area contributed by atoms with E-state index in [2.05, 4.69) is 26.3 Å². The lowest BCUT2D eigenvalue weighted by Gasteiger charge is -2.19. The summed E-state index contributed by atoms with van der Waals surface area (Å²) in [6, 6.07) is 0. The van der Waals surface area contributed by atoms with Gasteiger partial charge in [0.25, 0.3) is 0 Å². The summed E-state index contributed by atoms with van der Waals surface area (Å²) in [6.45, 7) is 7.18. The molecule has 0 aromatic carbocycles. The van der Waals surface area contributed by atoms with Gasteiger partial charge in [-0.05, 0) is 39.5 Å². The van der Waals surface area contributed by atoms with Gasteiger partial charge in [-0.2, -0.15) is 5.48 Å². The van der Waals surface area contributed by atoms with Crippen LogP contribution in [0.5, 0.6) is 0 Å². The first-order valence-electron chi connectivity index (χ1n) is 3.97. The van der Waals surface area contributed by atoms with Gasteiger partial charge in [0, 0.05) is 5.54 Å². The van der Waals surface area contributed by atoms with Crippen molar-refractivity contribution in [3.8, 4) is 0 Å². The van der Waals surface area contributed by atoms with E-state index >= 15 is 0 Å². The fourth-order valence-electron chi connectivity index (χ4n) is 0.661. The van der Waals surface area contributed by atoms with Gasteiger partial charge in [0.05, 0.1) is 6.61 Å². The Hall–Kier alpha value is -0.0800. The van der Waals surface area contributed by atoms with Crippen LogP contribution in [0.25, 0.3) is 0 Å². The van der Waals surface area contributed by atoms with Crippen LogP contribution in [0.4, 0.5) is 0 Å². The van der Waals surface area contributed by atoms with E-state index in [4.69, 9.17) is 4.84 Å². The van der Waals surface area contributed by atoms with Crippen LogP contribution in [0.15, 0.2) is 0 Å². The Labute approximate surface area is 62.9 Å². The van der Waals surface area contributed by atoms with E-state index < -0.39 is 0 Å². The van der Waals surface area contributed by atoms with Crippen molar-refractivity contribution in [3.63, 3.8) is 0 Å². The maximum Gasteiger partial charge on any atom is 0.0710 e. The van der Waals surface area contributed by atoms with E-state index in [1.807, 2.05) is 0 Å². The highest BCUT2D eigenvalue weighted by atomic mass is 16.6.